The van der Waals surface area contributed by atoms with Gasteiger partial charge in [-0.15, -0.1) is 0 Å². The zero-order chi connectivity index (χ0) is 14.5. The Morgan fingerprint density at radius 3 is 2.70 bits per heavy atom. The van der Waals surface area contributed by atoms with Gasteiger partial charge in [0.05, 0.1) is 11.5 Å². The molecule has 20 heavy (non-hydrogen) atoms. The van der Waals surface area contributed by atoms with Crippen LogP contribution in [0.15, 0.2) is 28.3 Å². The lowest BCUT2D eigenvalue weighted by Crippen LogP contribution is -2.04. The van der Waals surface area contributed by atoms with Crippen molar-refractivity contribution in [1.29, 1.82) is 0 Å². The molecule has 106 valence electrons. The Hall–Kier alpha value is -1.96. The molecule has 0 radical (unpaired) electrons. The Balaban J connectivity index is 2.29. The first kappa shape index (κ1) is 14.4. The summed E-state index contributed by atoms with van der Waals surface area (Å²) in [5.74, 6) is -0.985. The van der Waals surface area contributed by atoms with Gasteiger partial charge in [-0.25, -0.2) is 8.78 Å². The SMILES string of the molecule is CCOc1nc(NC)nc(Sc2ccc(F)cc2F)n1. The van der Waals surface area contributed by atoms with Gasteiger partial charge in [0.1, 0.15) is 11.6 Å². The summed E-state index contributed by atoms with van der Waals surface area (Å²) in [5.41, 5.74) is 0. The van der Waals surface area contributed by atoms with Crippen molar-refractivity contribution in [2.24, 2.45) is 0 Å². The minimum absolute atomic E-state index is 0.150. The van der Waals surface area contributed by atoms with Crippen molar-refractivity contribution >= 4 is 17.7 Å². The van der Waals surface area contributed by atoms with Crippen molar-refractivity contribution in [3.63, 3.8) is 0 Å². The summed E-state index contributed by atoms with van der Waals surface area (Å²) >= 11 is 0.969. The number of hydrogen-bond donors (Lipinski definition) is 1. The fourth-order valence-electron chi connectivity index (χ4n) is 1.35. The van der Waals surface area contributed by atoms with Crippen LogP contribution in [0, 0.1) is 11.6 Å². The molecule has 0 unspecified atom stereocenters. The standard InChI is InChI=1S/C12H12F2N4OS/c1-3-19-11-16-10(15-2)17-12(18-11)20-9-5-4-7(13)6-8(9)14/h4-6H,3H2,1-2H3,(H,15,16,17,18). The topological polar surface area (TPSA) is 59.9 Å². The first-order valence-electron chi connectivity index (χ1n) is 5.82. The number of benzene rings is 1. The van der Waals surface area contributed by atoms with E-state index in [0.29, 0.717) is 12.6 Å². The highest BCUT2D eigenvalue weighted by Crippen LogP contribution is 2.28. The van der Waals surface area contributed by atoms with Crippen molar-refractivity contribution in [2.75, 3.05) is 19.0 Å². The number of nitrogens with zero attached hydrogens (tertiary/aromatic N) is 3. The van der Waals surface area contributed by atoms with Crippen LogP contribution in [0.3, 0.4) is 0 Å². The quantitative estimate of drug-likeness (QED) is 0.916. The molecule has 0 bridgehead atoms. The van der Waals surface area contributed by atoms with E-state index in [1.807, 2.05) is 0 Å². The zero-order valence-electron chi connectivity index (χ0n) is 10.9. The maximum atomic E-state index is 13.6. The summed E-state index contributed by atoms with van der Waals surface area (Å²) in [6, 6.07) is 3.47. The van der Waals surface area contributed by atoms with E-state index in [0.717, 1.165) is 17.8 Å². The van der Waals surface area contributed by atoms with Crippen LogP contribution in [0.5, 0.6) is 6.01 Å². The number of nitrogens with one attached hydrogen (secondary N) is 1. The lowest BCUT2D eigenvalue weighted by atomic mass is 10.3. The molecule has 1 heterocycles. The largest absolute Gasteiger partial charge is 0.464 e. The third-order valence-corrected chi connectivity index (χ3v) is 3.10. The minimum Gasteiger partial charge on any atom is -0.464 e. The molecule has 0 aliphatic heterocycles. The van der Waals surface area contributed by atoms with Crippen molar-refractivity contribution < 1.29 is 13.5 Å². The van der Waals surface area contributed by atoms with Crippen LogP contribution in [0.2, 0.25) is 0 Å². The van der Waals surface area contributed by atoms with Crippen LogP contribution in [0.1, 0.15) is 6.92 Å². The molecule has 0 atom stereocenters. The summed E-state index contributed by atoms with van der Waals surface area (Å²) < 4.78 is 31.6. The second-order valence-corrected chi connectivity index (χ2v) is 4.59. The molecule has 1 N–H and O–H groups in total. The van der Waals surface area contributed by atoms with E-state index in [9.17, 15) is 8.78 Å². The van der Waals surface area contributed by atoms with Crippen LogP contribution >= 0.6 is 11.8 Å². The molecule has 5 nitrogen and oxygen atoms in total. The van der Waals surface area contributed by atoms with E-state index in [1.54, 1.807) is 14.0 Å². The molecular formula is C12H12F2N4OS. The van der Waals surface area contributed by atoms with Crippen molar-refractivity contribution in [2.45, 2.75) is 17.0 Å². The second kappa shape index (κ2) is 6.47. The van der Waals surface area contributed by atoms with Gasteiger partial charge in [0, 0.05) is 13.1 Å². The Morgan fingerprint density at radius 1 is 1.25 bits per heavy atom. The molecule has 0 amide bonds. The molecule has 0 fully saturated rings. The Labute approximate surface area is 118 Å². The Bertz CT molecular complexity index is 612. The van der Waals surface area contributed by atoms with Crippen LogP contribution < -0.4 is 10.1 Å². The van der Waals surface area contributed by atoms with Gasteiger partial charge in [-0.3, -0.25) is 0 Å². The predicted octanol–water partition coefficient (Wildman–Crippen LogP) is 2.74. The number of rotatable bonds is 5. The molecule has 1 aromatic carbocycles. The first-order valence-corrected chi connectivity index (χ1v) is 6.63. The number of ether oxygens (including phenoxy) is 1. The predicted molar refractivity (Wildman–Crippen MR) is 71.0 cm³/mol. The van der Waals surface area contributed by atoms with Gasteiger partial charge in [0.2, 0.25) is 11.1 Å². The minimum atomic E-state index is -0.667. The molecule has 0 spiro atoms. The van der Waals surface area contributed by atoms with E-state index < -0.39 is 11.6 Å². The van der Waals surface area contributed by atoms with Gasteiger partial charge < -0.3 is 10.1 Å². The molecule has 2 rings (SSSR count). The van der Waals surface area contributed by atoms with E-state index >= 15 is 0 Å². The summed E-state index contributed by atoms with van der Waals surface area (Å²) in [4.78, 5) is 12.4. The maximum Gasteiger partial charge on any atom is 0.322 e. The van der Waals surface area contributed by atoms with E-state index in [4.69, 9.17) is 4.74 Å². The van der Waals surface area contributed by atoms with E-state index in [2.05, 4.69) is 20.3 Å². The van der Waals surface area contributed by atoms with Gasteiger partial charge >= 0.3 is 6.01 Å². The summed E-state index contributed by atoms with van der Waals surface area (Å²) in [5, 5.41) is 3.03. The smallest absolute Gasteiger partial charge is 0.322 e. The highest BCUT2D eigenvalue weighted by molar-refractivity contribution is 7.99. The van der Waals surface area contributed by atoms with Crippen LogP contribution in [-0.2, 0) is 0 Å². The molecule has 0 aliphatic rings. The van der Waals surface area contributed by atoms with Crippen LogP contribution in [0.4, 0.5) is 14.7 Å². The molecule has 0 saturated heterocycles. The fraction of sp³-hybridized carbons (Fsp3) is 0.250. The number of halogens is 2. The third kappa shape index (κ3) is 3.53. The summed E-state index contributed by atoms with van der Waals surface area (Å²) in [7, 11) is 1.65. The van der Waals surface area contributed by atoms with Gasteiger partial charge in [-0.05, 0) is 30.8 Å². The zero-order valence-corrected chi connectivity index (χ0v) is 11.7. The van der Waals surface area contributed by atoms with Crippen LogP contribution in [0.25, 0.3) is 0 Å². The molecular weight excluding hydrogens is 286 g/mol. The Morgan fingerprint density at radius 2 is 2.05 bits per heavy atom. The average Bonchev–Trinajstić information content (AvgIpc) is 2.42. The van der Waals surface area contributed by atoms with Gasteiger partial charge in [0.25, 0.3) is 0 Å². The maximum absolute atomic E-state index is 13.6. The number of hydrogen-bond acceptors (Lipinski definition) is 6. The molecule has 2 aromatic rings. The van der Waals surface area contributed by atoms with Crippen LogP contribution in [-0.4, -0.2) is 28.6 Å². The monoisotopic (exact) mass is 298 g/mol. The van der Waals surface area contributed by atoms with Gasteiger partial charge in [-0.2, -0.15) is 15.0 Å². The molecule has 1 aromatic heterocycles. The highest BCUT2D eigenvalue weighted by atomic mass is 32.2. The van der Waals surface area contributed by atoms with Crippen molar-refractivity contribution in [3.05, 3.63) is 29.8 Å². The van der Waals surface area contributed by atoms with Crippen molar-refractivity contribution in [3.8, 4) is 6.01 Å². The normalized spacial score (nSPS) is 10.4. The fourth-order valence-corrected chi connectivity index (χ4v) is 2.09. The first-order chi connectivity index (χ1) is 9.62. The molecule has 0 saturated carbocycles. The van der Waals surface area contributed by atoms with E-state index in [1.165, 1.54) is 12.1 Å². The summed E-state index contributed by atoms with van der Waals surface area (Å²) in [6.07, 6.45) is 0. The van der Waals surface area contributed by atoms with Gasteiger partial charge in [0.15, 0.2) is 0 Å². The second-order valence-electron chi connectivity index (χ2n) is 3.58. The lowest BCUT2D eigenvalue weighted by Gasteiger charge is -2.07. The summed E-state index contributed by atoms with van der Waals surface area (Å²) in [6.45, 7) is 2.21. The Kier molecular flexibility index (Phi) is 4.67. The number of anilines is 1. The molecule has 8 heteroatoms. The highest BCUT2D eigenvalue weighted by Gasteiger charge is 2.11. The number of aromatic nitrogens is 3. The lowest BCUT2D eigenvalue weighted by molar-refractivity contribution is 0.308. The van der Waals surface area contributed by atoms with Gasteiger partial charge in [-0.1, -0.05) is 0 Å². The van der Waals surface area contributed by atoms with E-state index in [-0.39, 0.29) is 16.1 Å². The molecule has 0 aliphatic carbocycles. The van der Waals surface area contributed by atoms with Crippen molar-refractivity contribution in [1.82, 2.24) is 15.0 Å². The average molecular weight is 298 g/mol. The third-order valence-electron chi connectivity index (χ3n) is 2.19.